The Morgan fingerprint density at radius 2 is 1.16 bits per heavy atom. The van der Waals surface area contributed by atoms with E-state index in [1.54, 1.807) is 0 Å². The third-order valence-electron chi connectivity index (χ3n) is 3.84. The molecule has 0 bridgehead atoms. The molecule has 3 heteroatoms. The second-order valence-electron chi connectivity index (χ2n) is 5.54. The van der Waals surface area contributed by atoms with Gasteiger partial charge in [-0.15, -0.1) is 0 Å². The van der Waals surface area contributed by atoms with Gasteiger partial charge >= 0.3 is 0 Å². The van der Waals surface area contributed by atoms with Crippen LogP contribution in [0, 0.1) is 11.8 Å². The summed E-state index contributed by atoms with van der Waals surface area (Å²) in [5.41, 5.74) is 0. The molecule has 0 aliphatic rings. The molecule has 0 heterocycles. The first-order valence-electron chi connectivity index (χ1n) is 8.26. The highest BCUT2D eigenvalue weighted by Crippen LogP contribution is 2.22. The Hall–Kier alpha value is 0.350. The molecular formula is C16H35O2P. The van der Waals surface area contributed by atoms with Crippen LogP contribution in [0.3, 0.4) is 0 Å². The van der Waals surface area contributed by atoms with Crippen LogP contribution in [0.15, 0.2) is 0 Å². The monoisotopic (exact) mass is 290 g/mol. The van der Waals surface area contributed by atoms with E-state index in [9.17, 15) is 0 Å². The van der Waals surface area contributed by atoms with Gasteiger partial charge in [-0.3, -0.25) is 0 Å². The van der Waals surface area contributed by atoms with Crippen LogP contribution in [0.4, 0.5) is 0 Å². The maximum atomic E-state index is 5.69. The fourth-order valence-corrected chi connectivity index (χ4v) is 2.83. The Labute approximate surface area is 123 Å². The quantitative estimate of drug-likeness (QED) is 0.290. The Morgan fingerprint density at radius 1 is 0.737 bits per heavy atom. The number of hydrogen-bond acceptors (Lipinski definition) is 2. The first kappa shape index (κ1) is 19.4. The van der Waals surface area contributed by atoms with E-state index in [1.807, 2.05) is 0 Å². The molecule has 116 valence electrons. The predicted octanol–water partition coefficient (Wildman–Crippen LogP) is 5.96. The lowest BCUT2D eigenvalue weighted by atomic mass is 10.0. The fourth-order valence-electron chi connectivity index (χ4n) is 2.14. The molecule has 19 heavy (non-hydrogen) atoms. The lowest BCUT2D eigenvalue weighted by Crippen LogP contribution is -2.08. The van der Waals surface area contributed by atoms with E-state index < -0.39 is 0 Å². The van der Waals surface area contributed by atoms with E-state index in [-0.39, 0.29) is 9.03 Å². The first-order valence-corrected chi connectivity index (χ1v) is 9.08. The van der Waals surface area contributed by atoms with Gasteiger partial charge in [-0.05, 0) is 24.7 Å². The van der Waals surface area contributed by atoms with Gasteiger partial charge in [-0.25, -0.2) is 0 Å². The largest absolute Gasteiger partial charge is 0.336 e. The summed E-state index contributed by atoms with van der Waals surface area (Å²) in [5, 5.41) is 0. The summed E-state index contributed by atoms with van der Waals surface area (Å²) < 4.78 is 11.4. The summed E-state index contributed by atoms with van der Waals surface area (Å²) >= 11 is 0. The molecular weight excluding hydrogens is 255 g/mol. The lowest BCUT2D eigenvalue weighted by molar-refractivity contribution is 0.193. The number of unbranched alkanes of at least 4 members (excludes halogenated alkanes) is 2. The van der Waals surface area contributed by atoms with Gasteiger partial charge in [0, 0.05) is 0 Å². The van der Waals surface area contributed by atoms with Crippen molar-refractivity contribution in [2.24, 2.45) is 11.8 Å². The highest BCUT2D eigenvalue weighted by Gasteiger charge is 2.08. The number of hydrogen-bond donors (Lipinski definition) is 0. The zero-order chi connectivity index (χ0) is 14.3. The van der Waals surface area contributed by atoms with Crippen molar-refractivity contribution < 1.29 is 9.05 Å². The average molecular weight is 290 g/mol. The Morgan fingerprint density at radius 3 is 1.47 bits per heavy atom. The smallest absolute Gasteiger partial charge is 0.155 e. The van der Waals surface area contributed by atoms with Gasteiger partial charge in [0.25, 0.3) is 0 Å². The third kappa shape index (κ3) is 11.8. The molecule has 0 N–H and O–H groups in total. The maximum absolute atomic E-state index is 5.69. The molecule has 0 amide bonds. The summed E-state index contributed by atoms with van der Waals surface area (Å²) in [6.07, 6.45) is 10.2. The second-order valence-corrected chi connectivity index (χ2v) is 6.28. The van der Waals surface area contributed by atoms with E-state index in [1.165, 1.54) is 51.4 Å². The molecule has 2 nitrogen and oxygen atoms in total. The molecule has 0 fully saturated rings. The van der Waals surface area contributed by atoms with Crippen molar-refractivity contribution in [3.63, 3.8) is 0 Å². The summed E-state index contributed by atoms with van der Waals surface area (Å²) in [7, 11) is 0.234. The predicted molar refractivity (Wildman–Crippen MR) is 86.8 cm³/mol. The van der Waals surface area contributed by atoms with Crippen molar-refractivity contribution in [1.29, 1.82) is 0 Å². The van der Waals surface area contributed by atoms with Gasteiger partial charge in [-0.1, -0.05) is 66.2 Å². The summed E-state index contributed by atoms with van der Waals surface area (Å²) in [6.45, 7) is 10.8. The molecule has 0 aliphatic carbocycles. The lowest BCUT2D eigenvalue weighted by Gasteiger charge is -2.16. The highest BCUT2D eigenvalue weighted by atomic mass is 31.1. The van der Waals surface area contributed by atoms with Gasteiger partial charge in [0.2, 0.25) is 0 Å². The van der Waals surface area contributed by atoms with E-state index in [0.29, 0.717) is 0 Å². The topological polar surface area (TPSA) is 18.5 Å². The minimum absolute atomic E-state index is 0.234. The minimum Gasteiger partial charge on any atom is -0.336 e. The second kappa shape index (κ2) is 14.8. The molecule has 0 aromatic carbocycles. The number of rotatable bonds is 14. The molecule has 0 radical (unpaired) electrons. The molecule has 2 atom stereocenters. The van der Waals surface area contributed by atoms with Crippen LogP contribution in [0.5, 0.6) is 0 Å². The molecule has 2 unspecified atom stereocenters. The molecule has 0 saturated heterocycles. The van der Waals surface area contributed by atoms with Crippen molar-refractivity contribution in [3.05, 3.63) is 0 Å². The zero-order valence-corrected chi connectivity index (χ0v) is 14.5. The van der Waals surface area contributed by atoms with Gasteiger partial charge in [0.05, 0.1) is 13.2 Å². The molecule has 0 aliphatic heterocycles. The van der Waals surface area contributed by atoms with Gasteiger partial charge < -0.3 is 9.05 Å². The maximum Gasteiger partial charge on any atom is 0.155 e. The normalized spacial score (nSPS) is 15.2. The molecule has 0 spiro atoms. The van der Waals surface area contributed by atoms with Crippen LogP contribution in [0.1, 0.15) is 79.1 Å². The molecule has 0 aromatic rings. The summed E-state index contributed by atoms with van der Waals surface area (Å²) in [6, 6.07) is 0. The van der Waals surface area contributed by atoms with Crippen LogP contribution < -0.4 is 0 Å². The van der Waals surface area contributed by atoms with Crippen LogP contribution >= 0.6 is 9.03 Å². The van der Waals surface area contributed by atoms with Crippen LogP contribution in [-0.2, 0) is 9.05 Å². The van der Waals surface area contributed by atoms with Gasteiger partial charge in [0.1, 0.15) is 0 Å². The summed E-state index contributed by atoms with van der Waals surface area (Å²) in [4.78, 5) is 0. The van der Waals surface area contributed by atoms with Crippen molar-refractivity contribution in [3.8, 4) is 0 Å². The van der Waals surface area contributed by atoms with E-state index in [0.717, 1.165) is 25.0 Å². The SMILES string of the molecule is CCCCC(CC)COPOCC(CC)CCCC. The van der Waals surface area contributed by atoms with Crippen molar-refractivity contribution in [2.75, 3.05) is 13.2 Å². The van der Waals surface area contributed by atoms with Crippen LogP contribution in [-0.4, -0.2) is 13.2 Å². The van der Waals surface area contributed by atoms with Crippen LogP contribution in [0.2, 0.25) is 0 Å². The van der Waals surface area contributed by atoms with E-state index in [2.05, 4.69) is 27.7 Å². The van der Waals surface area contributed by atoms with Gasteiger partial charge in [-0.2, -0.15) is 0 Å². The minimum atomic E-state index is 0.234. The van der Waals surface area contributed by atoms with Crippen molar-refractivity contribution in [1.82, 2.24) is 0 Å². The Bertz CT molecular complexity index is 158. The Balaban J connectivity index is 3.50. The van der Waals surface area contributed by atoms with Gasteiger partial charge in [0.15, 0.2) is 9.03 Å². The van der Waals surface area contributed by atoms with Crippen LogP contribution in [0.25, 0.3) is 0 Å². The Kier molecular flexibility index (Phi) is 15.0. The first-order chi connectivity index (χ1) is 9.28. The third-order valence-corrected chi connectivity index (χ3v) is 4.41. The van der Waals surface area contributed by atoms with E-state index >= 15 is 0 Å². The van der Waals surface area contributed by atoms with Crippen molar-refractivity contribution >= 4 is 9.03 Å². The van der Waals surface area contributed by atoms with Crippen molar-refractivity contribution in [2.45, 2.75) is 79.1 Å². The standard InChI is InChI=1S/C16H35O2P/c1-5-9-11-15(7-3)13-17-19-18-14-16(8-4)12-10-6-2/h15-16,19H,5-14H2,1-4H3. The fraction of sp³-hybridized carbons (Fsp3) is 1.00. The summed E-state index contributed by atoms with van der Waals surface area (Å²) in [5.74, 6) is 1.44. The molecule has 0 aromatic heterocycles. The average Bonchev–Trinajstić information content (AvgIpc) is 2.45. The van der Waals surface area contributed by atoms with E-state index in [4.69, 9.17) is 9.05 Å². The zero-order valence-electron chi connectivity index (χ0n) is 13.5. The molecule has 0 rings (SSSR count). The molecule has 0 saturated carbocycles. The highest BCUT2D eigenvalue weighted by molar-refractivity contribution is 7.26.